The summed E-state index contributed by atoms with van der Waals surface area (Å²) in [7, 11) is -3.72. The van der Waals surface area contributed by atoms with Gasteiger partial charge < -0.3 is 0 Å². The summed E-state index contributed by atoms with van der Waals surface area (Å²) in [5.74, 6) is 0.389. The van der Waals surface area contributed by atoms with E-state index < -0.39 is 10.0 Å². The van der Waals surface area contributed by atoms with E-state index in [9.17, 15) is 13.2 Å². The number of hydrogen-bond acceptors (Lipinski definition) is 7. The van der Waals surface area contributed by atoms with Crippen LogP contribution in [0, 0.1) is 6.92 Å². The number of benzene rings is 1. The molecule has 10 heteroatoms. The molecule has 1 aliphatic rings. The lowest BCUT2D eigenvalue weighted by molar-refractivity contribution is 0.102. The molecule has 1 amide bonds. The fourth-order valence-corrected chi connectivity index (χ4v) is 6.34. The lowest BCUT2D eigenvalue weighted by Crippen LogP contribution is -2.26. The summed E-state index contributed by atoms with van der Waals surface area (Å²) < 4.78 is 27.2. The summed E-state index contributed by atoms with van der Waals surface area (Å²) in [6.07, 6.45) is 6.29. The molecule has 152 valence electrons. The van der Waals surface area contributed by atoms with Crippen LogP contribution < -0.4 is 10.0 Å². The van der Waals surface area contributed by atoms with Crippen molar-refractivity contribution in [2.24, 2.45) is 0 Å². The monoisotopic (exact) mass is 440 g/mol. The van der Waals surface area contributed by atoms with Gasteiger partial charge in [-0.25, -0.2) is 13.1 Å². The second-order valence-corrected chi connectivity index (χ2v) is 11.1. The molecule has 0 saturated heterocycles. The van der Waals surface area contributed by atoms with Crippen molar-refractivity contribution in [1.82, 2.24) is 14.9 Å². The van der Waals surface area contributed by atoms with Crippen LogP contribution in [-0.2, 0) is 10.0 Å². The highest BCUT2D eigenvalue weighted by molar-refractivity contribution is 8.00. The number of hydrogen-bond donors (Lipinski definition) is 2. The number of anilines is 1. The smallest absolute Gasteiger partial charge is 0.269 e. The fraction of sp³-hybridized carbons (Fsp3) is 0.500. The minimum absolute atomic E-state index is 0.144. The Balaban J connectivity index is 1.50. The second kappa shape index (κ2) is 9.82. The van der Waals surface area contributed by atoms with E-state index in [1.807, 2.05) is 24.8 Å². The molecule has 0 aliphatic heterocycles. The van der Waals surface area contributed by atoms with Crippen LogP contribution >= 0.6 is 23.1 Å². The first-order chi connectivity index (χ1) is 13.4. The number of carbonyl (C=O) groups is 1. The molecule has 2 N–H and O–H groups in total. The molecule has 1 aromatic carbocycles. The first-order valence-electron chi connectivity index (χ1n) is 9.27. The molecular weight excluding hydrogens is 416 g/mol. The average molecular weight is 441 g/mol. The van der Waals surface area contributed by atoms with Gasteiger partial charge in [0.1, 0.15) is 0 Å². The molecule has 7 nitrogen and oxygen atoms in total. The van der Waals surface area contributed by atoms with Crippen molar-refractivity contribution in [2.45, 2.75) is 48.6 Å². The fourth-order valence-electron chi connectivity index (χ4n) is 3.02. The number of nitrogens with zero attached hydrogens (tertiary/aromatic N) is 2. The van der Waals surface area contributed by atoms with Crippen molar-refractivity contribution in [2.75, 3.05) is 17.6 Å². The van der Waals surface area contributed by atoms with Gasteiger partial charge in [-0.15, -0.1) is 10.2 Å². The number of rotatable bonds is 8. The highest BCUT2D eigenvalue weighted by Gasteiger charge is 2.21. The molecule has 0 unspecified atom stereocenters. The maximum atomic E-state index is 12.4. The number of aryl methyl sites for hydroxylation is 1. The van der Waals surface area contributed by atoms with Gasteiger partial charge in [0.15, 0.2) is 0 Å². The standard InChI is InChI=1S/C18H24N4O3S3/c1-13-6-5-7-14(12-13)16(23)20-17-21-22-18(27-17)28(24,25)19-10-11-26-15-8-3-2-4-9-15/h5-7,12,15,19H,2-4,8-11H2,1H3,(H,20,21,23). The van der Waals surface area contributed by atoms with Crippen LogP contribution in [0.5, 0.6) is 0 Å². The summed E-state index contributed by atoms with van der Waals surface area (Å²) in [6, 6.07) is 7.12. The molecule has 0 radical (unpaired) electrons. The van der Waals surface area contributed by atoms with Gasteiger partial charge in [0.2, 0.25) is 9.47 Å². The van der Waals surface area contributed by atoms with Crippen LogP contribution in [0.2, 0.25) is 0 Å². The summed E-state index contributed by atoms with van der Waals surface area (Å²) >= 11 is 2.67. The van der Waals surface area contributed by atoms with E-state index in [1.165, 1.54) is 32.1 Å². The van der Waals surface area contributed by atoms with Crippen LogP contribution in [0.15, 0.2) is 28.6 Å². The van der Waals surface area contributed by atoms with Crippen LogP contribution in [0.1, 0.15) is 48.0 Å². The Morgan fingerprint density at radius 3 is 2.79 bits per heavy atom. The van der Waals surface area contributed by atoms with Crippen molar-refractivity contribution >= 4 is 44.2 Å². The molecule has 0 spiro atoms. The van der Waals surface area contributed by atoms with E-state index in [4.69, 9.17) is 0 Å². The highest BCUT2D eigenvalue weighted by Crippen LogP contribution is 2.28. The van der Waals surface area contributed by atoms with E-state index >= 15 is 0 Å². The first kappa shape index (κ1) is 21.2. The van der Waals surface area contributed by atoms with Gasteiger partial charge in [-0.1, -0.05) is 48.3 Å². The molecule has 1 fully saturated rings. The number of carbonyl (C=O) groups excluding carboxylic acids is 1. The normalized spacial score (nSPS) is 15.5. The van der Waals surface area contributed by atoms with Gasteiger partial charge >= 0.3 is 0 Å². The van der Waals surface area contributed by atoms with Gasteiger partial charge in [0.05, 0.1) is 0 Å². The quantitative estimate of drug-likeness (QED) is 0.482. The third-order valence-corrected chi connectivity index (χ3v) is 8.49. The van der Waals surface area contributed by atoms with E-state index in [2.05, 4.69) is 20.2 Å². The number of sulfonamides is 1. The minimum atomic E-state index is -3.72. The summed E-state index contributed by atoms with van der Waals surface area (Å²) in [5.41, 5.74) is 1.45. The molecule has 1 aliphatic carbocycles. The van der Waals surface area contributed by atoms with E-state index in [0.717, 1.165) is 22.7 Å². The van der Waals surface area contributed by atoms with Gasteiger partial charge in [0, 0.05) is 23.1 Å². The number of amides is 1. The number of thioether (sulfide) groups is 1. The Bertz CT molecular complexity index is 908. The van der Waals surface area contributed by atoms with Crippen molar-refractivity contribution < 1.29 is 13.2 Å². The number of nitrogens with one attached hydrogen (secondary N) is 2. The summed E-state index contributed by atoms with van der Waals surface area (Å²) in [4.78, 5) is 12.2. The number of aromatic nitrogens is 2. The van der Waals surface area contributed by atoms with Crippen LogP contribution in [0.3, 0.4) is 0 Å². The average Bonchev–Trinajstić information content (AvgIpc) is 3.16. The Kier molecular flexibility index (Phi) is 7.44. The third-order valence-electron chi connectivity index (χ3n) is 4.44. The maximum Gasteiger partial charge on any atom is 0.269 e. The second-order valence-electron chi connectivity index (χ2n) is 6.73. The zero-order valence-corrected chi connectivity index (χ0v) is 18.1. The van der Waals surface area contributed by atoms with Crippen LogP contribution in [0.25, 0.3) is 0 Å². The first-order valence-corrected chi connectivity index (χ1v) is 12.6. The largest absolute Gasteiger partial charge is 0.296 e. The predicted octanol–water partition coefficient (Wildman–Crippen LogP) is 3.44. The lowest BCUT2D eigenvalue weighted by Gasteiger charge is -2.20. The third kappa shape index (κ3) is 6.00. The summed E-state index contributed by atoms with van der Waals surface area (Å²) in [5, 5.41) is 10.9. The Labute approximate surface area is 173 Å². The van der Waals surface area contributed by atoms with E-state index in [-0.39, 0.29) is 15.4 Å². The van der Waals surface area contributed by atoms with E-state index in [1.54, 1.807) is 18.2 Å². The lowest BCUT2D eigenvalue weighted by atomic mass is 10.0. The van der Waals surface area contributed by atoms with Gasteiger partial charge in [0.25, 0.3) is 15.9 Å². The van der Waals surface area contributed by atoms with Crippen LogP contribution in [-0.4, -0.2) is 42.1 Å². The molecule has 1 aromatic heterocycles. The van der Waals surface area contributed by atoms with Crippen molar-refractivity contribution in [3.05, 3.63) is 35.4 Å². The predicted molar refractivity (Wildman–Crippen MR) is 114 cm³/mol. The molecule has 0 atom stereocenters. The molecule has 0 bridgehead atoms. The van der Waals surface area contributed by atoms with Gasteiger partial charge in [-0.2, -0.15) is 11.8 Å². The van der Waals surface area contributed by atoms with Gasteiger partial charge in [-0.3, -0.25) is 10.1 Å². The SMILES string of the molecule is Cc1cccc(C(=O)Nc2nnc(S(=O)(=O)NCCSC3CCCCC3)s2)c1. The molecule has 3 rings (SSSR count). The van der Waals surface area contributed by atoms with Crippen molar-refractivity contribution in [3.63, 3.8) is 0 Å². The van der Waals surface area contributed by atoms with Crippen molar-refractivity contribution in [1.29, 1.82) is 0 Å². The maximum absolute atomic E-state index is 12.4. The molecular formula is C18H24N4O3S3. The Morgan fingerprint density at radius 1 is 1.25 bits per heavy atom. The molecule has 28 heavy (non-hydrogen) atoms. The zero-order valence-electron chi connectivity index (χ0n) is 15.7. The molecule has 1 heterocycles. The van der Waals surface area contributed by atoms with Crippen LogP contribution in [0.4, 0.5) is 5.13 Å². The molecule has 1 saturated carbocycles. The Hall–Kier alpha value is -1.49. The summed E-state index contributed by atoms with van der Waals surface area (Å²) in [6.45, 7) is 2.25. The van der Waals surface area contributed by atoms with E-state index in [0.29, 0.717) is 17.4 Å². The zero-order chi connectivity index (χ0) is 20.0. The minimum Gasteiger partial charge on any atom is -0.296 e. The Morgan fingerprint density at radius 2 is 2.04 bits per heavy atom. The van der Waals surface area contributed by atoms with Gasteiger partial charge in [-0.05, 0) is 31.9 Å². The topological polar surface area (TPSA) is 101 Å². The molecule has 2 aromatic rings. The highest BCUT2D eigenvalue weighted by atomic mass is 32.2. The van der Waals surface area contributed by atoms with Crippen molar-refractivity contribution in [3.8, 4) is 0 Å².